The van der Waals surface area contributed by atoms with Crippen LogP contribution in [-0.2, 0) is 9.47 Å². The number of benzene rings is 1. The molecule has 1 rings (SSSR count). The highest BCUT2D eigenvalue weighted by atomic mass is 35.5. The average molecular weight is 229 g/mol. The Morgan fingerprint density at radius 2 is 1.87 bits per heavy atom. The van der Waals surface area contributed by atoms with Crippen LogP contribution in [-0.4, -0.2) is 18.7 Å². The highest BCUT2D eigenvalue weighted by Gasteiger charge is 2.12. The van der Waals surface area contributed by atoms with E-state index >= 15 is 0 Å². The van der Waals surface area contributed by atoms with Gasteiger partial charge in [-0.1, -0.05) is 11.6 Å². The molecule has 0 fully saturated rings. The molecule has 0 N–H and O–H groups in total. The van der Waals surface area contributed by atoms with Gasteiger partial charge >= 0.3 is 12.1 Å². The molecule has 0 spiro atoms. The largest absolute Gasteiger partial charge is 0.516 e. The molecule has 4 nitrogen and oxygen atoms in total. The van der Waals surface area contributed by atoms with Crippen LogP contribution < -0.4 is 0 Å². The third kappa shape index (κ3) is 3.59. The first-order valence-electron chi connectivity index (χ1n) is 4.28. The summed E-state index contributed by atoms with van der Waals surface area (Å²) in [5.41, 5.74) is 0.243. The van der Waals surface area contributed by atoms with E-state index in [9.17, 15) is 9.59 Å². The zero-order valence-corrected chi connectivity index (χ0v) is 8.78. The van der Waals surface area contributed by atoms with E-state index in [1.54, 1.807) is 6.92 Å². The van der Waals surface area contributed by atoms with Crippen molar-refractivity contribution in [3.63, 3.8) is 0 Å². The number of carbonyl (C=O) groups is 2. The van der Waals surface area contributed by atoms with Crippen molar-refractivity contribution in [2.75, 3.05) is 6.61 Å². The SMILES string of the molecule is CCOC(=O)OC(=O)c1ccc(Cl)cc1. The van der Waals surface area contributed by atoms with E-state index in [2.05, 4.69) is 9.47 Å². The average Bonchev–Trinajstić information content (AvgIpc) is 2.18. The van der Waals surface area contributed by atoms with Gasteiger partial charge in [-0.05, 0) is 31.2 Å². The minimum Gasteiger partial charge on any atom is -0.434 e. The molecule has 0 bridgehead atoms. The van der Waals surface area contributed by atoms with E-state index in [0.717, 1.165) is 0 Å². The molecular formula is C10H9ClO4. The molecule has 1 aromatic carbocycles. The monoisotopic (exact) mass is 228 g/mol. The topological polar surface area (TPSA) is 52.6 Å². The Bertz CT molecular complexity index is 358. The Morgan fingerprint density at radius 1 is 1.27 bits per heavy atom. The summed E-state index contributed by atoms with van der Waals surface area (Å²) in [6.45, 7) is 1.78. The van der Waals surface area contributed by atoms with Crippen molar-refractivity contribution >= 4 is 23.7 Å². The number of halogens is 1. The van der Waals surface area contributed by atoms with E-state index in [0.29, 0.717) is 5.02 Å². The summed E-state index contributed by atoms with van der Waals surface area (Å²) in [7, 11) is 0. The first-order chi connectivity index (χ1) is 7.13. The summed E-state index contributed by atoms with van der Waals surface area (Å²) < 4.78 is 8.82. The van der Waals surface area contributed by atoms with Crippen LogP contribution in [0.5, 0.6) is 0 Å². The minimum atomic E-state index is -1.00. The Morgan fingerprint density at radius 3 is 2.40 bits per heavy atom. The van der Waals surface area contributed by atoms with Crippen LogP contribution in [0.2, 0.25) is 5.02 Å². The lowest BCUT2D eigenvalue weighted by Crippen LogP contribution is -2.13. The van der Waals surface area contributed by atoms with Crippen LogP contribution in [0.15, 0.2) is 24.3 Å². The minimum absolute atomic E-state index is 0.159. The van der Waals surface area contributed by atoms with Gasteiger partial charge in [-0.2, -0.15) is 0 Å². The number of hydrogen-bond acceptors (Lipinski definition) is 4. The van der Waals surface area contributed by atoms with E-state index in [1.807, 2.05) is 0 Å². The molecule has 0 amide bonds. The number of hydrogen-bond donors (Lipinski definition) is 0. The molecule has 0 unspecified atom stereocenters. The summed E-state index contributed by atoms with van der Waals surface area (Å²) in [5.74, 6) is -0.759. The lowest BCUT2D eigenvalue weighted by atomic mass is 10.2. The second-order valence-electron chi connectivity index (χ2n) is 2.58. The van der Waals surface area contributed by atoms with Gasteiger partial charge < -0.3 is 9.47 Å². The van der Waals surface area contributed by atoms with E-state index < -0.39 is 12.1 Å². The van der Waals surface area contributed by atoms with Crippen LogP contribution in [0.1, 0.15) is 17.3 Å². The maximum absolute atomic E-state index is 11.3. The van der Waals surface area contributed by atoms with Crippen molar-refractivity contribution in [3.05, 3.63) is 34.9 Å². The maximum atomic E-state index is 11.3. The van der Waals surface area contributed by atoms with Crippen molar-refractivity contribution in [1.29, 1.82) is 0 Å². The van der Waals surface area contributed by atoms with Crippen molar-refractivity contribution in [2.24, 2.45) is 0 Å². The molecule has 0 aliphatic rings. The first kappa shape index (κ1) is 11.5. The van der Waals surface area contributed by atoms with Gasteiger partial charge in [0, 0.05) is 5.02 Å². The van der Waals surface area contributed by atoms with Crippen molar-refractivity contribution in [2.45, 2.75) is 6.92 Å². The standard InChI is InChI=1S/C10H9ClO4/c1-2-14-10(13)15-9(12)7-3-5-8(11)6-4-7/h3-6H,2H2,1H3. The van der Waals surface area contributed by atoms with Crippen LogP contribution in [0.3, 0.4) is 0 Å². The Labute approximate surface area is 91.7 Å². The lowest BCUT2D eigenvalue weighted by molar-refractivity contribution is 0.0401. The second-order valence-corrected chi connectivity index (χ2v) is 3.02. The van der Waals surface area contributed by atoms with Gasteiger partial charge in [0.1, 0.15) is 0 Å². The fraction of sp³-hybridized carbons (Fsp3) is 0.200. The van der Waals surface area contributed by atoms with Gasteiger partial charge in [-0.3, -0.25) is 0 Å². The molecule has 0 aliphatic carbocycles. The molecule has 0 atom stereocenters. The summed E-state index contributed by atoms with van der Waals surface area (Å²) in [5, 5.41) is 0.502. The highest BCUT2D eigenvalue weighted by Crippen LogP contribution is 2.10. The summed E-state index contributed by atoms with van der Waals surface area (Å²) in [4.78, 5) is 22.1. The van der Waals surface area contributed by atoms with Gasteiger partial charge in [-0.15, -0.1) is 0 Å². The normalized spacial score (nSPS) is 9.47. The Hall–Kier alpha value is -1.55. The molecule has 0 saturated carbocycles. The van der Waals surface area contributed by atoms with Crippen molar-refractivity contribution in [3.8, 4) is 0 Å². The smallest absolute Gasteiger partial charge is 0.434 e. The molecule has 0 saturated heterocycles. The van der Waals surface area contributed by atoms with Gasteiger partial charge in [0.2, 0.25) is 0 Å². The quantitative estimate of drug-likeness (QED) is 0.577. The Kier molecular flexibility index (Phi) is 4.12. The molecule has 1 aromatic rings. The fourth-order valence-corrected chi connectivity index (χ4v) is 0.994. The first-order valence-corrected chi connectivity index (χ1v) is 4.65. The maximum Gasteiger partial charge on any atom is 0.516 e. The zero-order chi connectivity index (χ0) is 11.3. The van der Waals surface area contributed by atoms with Gasteiger partial charge in [-0.25, -0.2) is 9.59 Å². The van der Waals surface area contributed by atoms with Crippen LogP contribution in [0.4, 0.5) is 4.79 Å². The summed E-state index contributed by atoms with van der Waals surface area (Å²) >= 11 is 5.63. The van der Waals surface area contributed by atoms with Crippen molar-refractivity contribution < 1.29 is 19.1 Å². The fourth-order valence-electron chi connectivity index (χ4n) is 0.868. The third-order valence-electron chi connectivity index (χ3n) is 1.52. The molecule has 15 heavy (non-hydrogen) atoms. The molecule has 5 heteroatoms. The lowest BCUT2D eigenvalue weighted by Gasteiger charge is -2.02. The Balaban J connectivity index is 2.61. The van der Waals surface area contributed by atoms with Gasteiger partial charge in [0.15, 0.2) is 0 Å². The van der Waals surface area contributed by atoms with Crippen molar-refractivity contribution in [1.82, 2.24) is 0 Å². The van der Waals surface area contributed by atoms with Crippen LogP contribution >= 0.6 is 11.6 Å². The number of rotatable bonds is 2. The molecule has 0 radical (unpaired) electrons. The van der Waals surface area contributed by atoms with E-state index in [1.165, 1.54) is 24.3 Å². The highest BCUT2D eigenvalue weighted by molar-refractivity contribution is 6.30. The van der Waals surface area contributed by atoms with E-state index in [4.69, 9.17) is 11.6 Å². The van der Waals surface area contributed by atoms with Crippen LogP contribution in [0.25, 0.3) is 0 Å². The van der Waals surface area contributed by atoms with E-state index in [-0.39, 0.29) is 12.2 Å². The molecule has 0 aliphatic heterocycles. The third-order valence-corrected chi connectivity index (χ3v) is 1.77. The summed E-state index contributed by atoms with van der Waals surface area (Å²) in [6.07, 6.45) is -1.00. The number of esters is 1. The second kappa shape index (κ2) is 5.36. The summed E-state index contributed by atoms with van der Waals surface area (Å²) in [6, 6.07) is 5.99. The van der Waals surface area contributed by atoms with Gasteiger partial charge in [0.05, 0.1) is 12.2 Å². The van der Waals surface area contributed by atoms with Gasteiger partial charge in [0.25, 0.3) is 0 Å². The zero-order valence-electron chi connectivity index (χ0n) is 8.03. The molecular weight excluding hydrogens is 220 g/mol. The molecule has 80 valence electrons. The number of carbonyl (C=O) groups excluding carboxylic acids is 2. The molecule has 0 heterocycles. The predicted molar refractivity (Wildman–Crippen MR) is 53.9 cm³/mol. The number of ether oxygens (including phenoxy) is 2. The predicted octanol–water partition coefficient (Wildman–Crippen LogP) is 2.65. The van der Waals surface area contributed by atoms with Crippen LogP contribution in [0, 0.1) is 0 Å². The molecule has 0 aromatic heterocycles.